The Balaban J connectivity index is 1.83. The number of anilines is 1. The number of nitrogens with one attached hydrogen (secondary N) is 1. The Morgan fingerprint density at radius 1 is 1.14 bits per heavy atom. The zero-order valence-corrected chi connectivity index (χ0v) is 12.6. The molecule has 3 heteroatoms. The largest absolute Gasteiger partial charge is 0.384 e. The summed E-state index contributed by atoms with van der Waals surface area (Å²) in [4.78, 5) is 4.69. The zero-order chi connectivity index (χ0) is 14.7. The number of nitrogens with zero attached hydrogens (tertiary/aromatic N) is 2. The van der Waals surface area contributed by atoms with E-state index in [0.29, 0.717) is 0 Å². The summed E-state index contributed by atoms with van der Waals surface area (Å²) >= 11 is 0. The quantitative estimate of drug-likeness (QED) is 0.763. The molecule has 0 aliphatic heterocycles. The molecule has 0 spiro atoms. The number of imidazole rings is 1. The minimum atomic E-state index is 0.876. The summed E-state index contributed by atoms with van der Waals surface area (Å²) in [6, 6.07) is 12.8. The van der Waals surface area contributed by atoms with E-state index in [1.54, 1.807) is 0 Å². The van der Waals surface area contributed by atoms with Crippen molar-refractivity contribution in [3.05, 3.63) is 65.6 Å². The van der Waals surface area contributed by atoms with Gasteiger partial charge in [-0.1, -0.05) is 36.8 Å². The van der Waals surface area contributed by atoms with Crippen LogP contribution in [0.15, 0.2) is 48.8 Å². The molecule has 2 aromatic heterocycles. The first kappa shape index (κ1) is 13.7. The highest BCUT2D eigenvalue weighted by atomic mass is 15.0. The Morgan fingerprint density at radius 3 is 2.86 bits per heavy atom. The maximum absolute atomic E-state index is 4.69. The fraction of sp³-hybridized carbons (Fsp3) is 0.278. The van der Waals surface area contributed by atoms with Gasteiger partial charge < -0.3 is 9.72 Å². The molecule has 0 aliphatic carbocycles. The van der Waals surface area contributed by atoms with Gasteiger partial charge in [-0.2, -0.15) is 0 Å². The lowest BCUT2D eigenvalue weighted by Crippen LogP contribution is -2.00. The molecule has 108 valence electrons. The number of fused-ring (bicyclic) bond motifs is 1. The minimum Gasteiger partial charge on any atom is -0.384 e. The van der Waals surface area contributed by atoms with Gasteiger partial charge in [0.05, 0.1) is 11.4 Å². The van der Waals surface area contributed by atoms with Gasteiger partial charge in [-0.25, -0.2) is 4.98 Å². The summed E-state index contributed by atoms with van der Waals surface area (Å²) in [5.41, 5.74) is 5.85. The average molecular weight is 279 g/mol. The Bertz CT molecular complexity index is 743. The van der Waals surface area contributed by atoms with Crippen LogP contribution in [0.2, 0.25) is 0 Å². The molecule has 21 heavy (non-hydrogen) atoms. The van der Waals surface area contributed by atoms with Crippen LogP contribution >= 0.6 is 0 Å². The molecule has 3 nitrogen and oxygen atoms in total. The molecule has 0 saturated carbocycles. The average Bonchev–Trinajstić information content (AvgIpc) is 2.86. The predicted octanol–water partition coefficient (Wildman–Crippen LogP) is 4.06. The fourth-order valence-electron chi connectivity index (χ4n) is 2.53. The van der Waals surface area contributed by atoms with Crippen molar-refractivity contribution < 1.29 is 0 Å². The van der Waals surface area contributed by atoms with Gasteiger partial charge >= 0.3 is 0 Å². The molecule has 0 atom stereocenters. The van der Waals surface area contributed by atoms with E-state index in [0.717, 1.165) is 36.4 Å². The van der Waals surface area contributed by atoms with Crippen LogP contribution in [-0.2, 0) is 6.42 Å². The molecule has 2 heterocycles. The Kier molecular flexibility index (Phi) is 3.91. The lowest BCUT2D eigenvalue weighted by atomic mass is 10.1. The maximum Gasteiger partial charge on any atom is 0.137 e. The van der Waals surface area contributed by atoms with E-state index in [1.165, 1.54) is 11.1 Å². The highest BCUT2D eigenvalue weighted by molar-refractivity contribution is 5.51. The normalized spacial score (nSPS) is 11.0. The third-order valence-corrected chi connectivity index (χ3v) is 3.55. The van der Waals surface area contributed by atoms with Crippen LogP contribution in [0.4, 0.5) is 5.69 Å². The second-order valence-electron chi connectivity index (χ2n) is 5.51. The Morgan fingerprint density at radius 2 is 2.05 bits per heavy atom. The van der Waals surface area contributed by atoms with Gasteiger partial charge in [0.2, 0.25) is 0 Å². The van der Waals surface area contributed by atoms with Crippen LogP contribution in [-0.4, -0.2) is 15.9 Å². The van der Waals surface area contributed by atoms with Crippen LogP contribution in [0.5, 0.6) is 0 Å². The van der Waals surface area contributed by atoms with Gasteiger partial charge in [0.25, 0.3) is 0 Å². The third kappa shape index (κ3) is 3.24. The molecule has 1 N–H and O–H groups in total. The number of aromatic nitrogens is 2. The molecule has 0 aliphatic rings. The molecule has 0 saturated heterocycles. The molecule has 3 rings (SSSR count). The number of hydrogen-bond acceptors (Lipinski definition) is 2. The number of benzene rings is 1. The summed E-state index contributed by atoms with van der Waals surface area (Å²) in [5.74, 6) is 0. The highest BCUT2D eigenvalue weighted by Gasteiger charge is 2.04. The molecule has 0 radical (unpaired) electrons. The molecule has 0 bridgehead atoms. The third-order valence-electron chi connectivity index (χ3n) is 3.55. The van der Waals surface area contributed by atoms with E-state index in [2.05, 4.69) is 72.4 Å². The number of pyridine rings is 1. The monoisotopic (exact) mass is 279 g/mol. The van der Waals surface area contributed by atoms with E-state index in [4.69, 9.17) is 4.98 Å². The summed E-state index contributed by atoms with van der Waals surface area (Å²) in [6.45, 7) is 5.29. The zero-order valence-electron chi connectivity index (χ0n) is 12.6. The first-order valence-electron chi connectivity index (χ1n) is 7.51. The van der Waals surface area contributed by atoms with Crippen molar-refractivity contribution in [2.24, 2.45) is 0 Å². The number of aryl methyl sites for hydroxylation is 1. The lowest BCUT2D eigenvalue weighted by molar-refractivity contribution is 0.975. The molecule has 3 aromatic rings. The van der Waals surface area contributed by atoms with Crippen molar-refractivity contribution in [1.29, 1.82) is 0 Å². The van der Waals surface area contributed by atoms with Crippen molar-refractivity contribution >= 4 is 11.3 Å². The number of rotatable bonds is 5. The lowest BCUT2D eigenvalue weighted by Gasteiger charge is -2.04. The summed E-state index contributed by atoms with van der Waals surface area (Å²) in [7, 11) is 0. The molecule has 0 amide bonds. The fourth-order valence-corrected chi connectivity index (χ4v) is 2.53. The standard InChI is InChI=1S/C18H21N3/c1-3-9-19-16-7-8-18-20-17(13-21(18)12-16)11-15-6-4-5-14(2)10-15/h4-8,10,12-13,19H,3,9,11H2,1-2H3. The number of hydrogen-bond donors (Lipinski definition) is 1. The molecule has 0 unspecified atom stereocenters. The highest BCUT2D eigenvalue weighted by Crippen LogP contribution is 2.15. The summed E-state index contributed by atoms with van der Waals surface area (Å²) in [6.07, 6.45) is 6.23. The molecule has 0 fully saturated rings. The predicted molar refractivity (Wildman–Crippen MR) is 88.0 cm³/mol. The van der Waals surface area contributed by atoms with Gasteiger partial charge in [0, 0.05) is 25.4 Å². The van der Waals surface area contributed by atoms with E-state index in [1.807, 2.05) is 0 Å². The SMILES string of the molecule is CCCNc1ccc2nc(Cc3cccc(C)c3)cn2c1. The van der Waals surface area contributed by atoms with Crippen LogP contribution in [0, 0.1) is 6.92 Å². The maximum atomic E-state index is 4.69. The molecular formula is C18H21N3. The van der Waals surface area contributed by atoms with Crippen molar-refractivity contribution in [2.75, 3.05) is 11.9 Å². The first-order valence-corrected chi connectivity index (χ1v) is 7.51. The Hall–Kier alpha value is -2.29. The van der Waals surface area contributed by atoms with E-state index < -0.39 is 0 Å². The summed E-state index contributed by atoms with van der Waals surface area (Å²) < 4.78 is 2.10. The van der Waals surface area contributed by atoms with Crippen molar-refractivity contribution in [3.63, 3.8) is 0 Å². The topological polar surface area (TPSA) is 29.3 Å². The molecule has 1 aromatic carbocycles. The smallest absolute Gasteiger partial charge is 0.137 e. The Labute approximate surface area is 125 Å². The minimum absolute atomic E-state index is 0.876. The molecular weight excluding hydrogens is 258 g/mol. The van der Waals surface area contributed by atoms with E-state index >= 15 is 0 Å². The van der Waals surface area contributed by atoms with Crippen molar-refractivity contribution in [1.82, 2.24) is 9.38 Å². The first-order chi connectivity index (χ1) is 10.2. The van der Waals surface area contributed by atoms with Crippen molar-refractivity contribution in [3.8, 4) is 0 Å². The summed E-state index contributed by atoms with van der Waals surface area (Å²) in [5, 5.41) is 3.40. The van der Waals surface area contributed by atoms with Crippen LogP contribution in [0.25, 0.3) is 5.65 Å². The van der Waals surface area contributed by atoms with Gasteiger partial charge in [-0.15, -0.1) is 0 Å². The van der Waals surface area contributed by atoms with Crippen LogP contribution < -0.4 is 5.32 Å². The van der Waals surface area contributed by atoms with E-state index in [9.17, 15) is 0 Å². The second kappa shape index (κ2) is 6.00. The van der Waals surface area contributed by atoms with Gasteiger partial charge in [0.15, 0.2) is 0 Å². The van der Waals surface area contributed by atoms with E-state index in [-0.39, 0.29) is 0 Å². The van der Waals surface area contributed by atoms with Gasteiger partial charge in [-0.3, -0.25) is 0 Å². The van der Waals surface area contributed by atoms with Gasteiger partial charge in [-0.05, 0) is 31.0 Å². The van der Waals surface area contributed by atoms with Crippen LogP contribution in [0.3, 0.4) is 0 Å². The second-order valence-corrected chi connectivity index (χ2v) is 5.51. The van der Waals surface area contributed by atoms with Crippen LogP contribution in [0.1, 0.15) is 30.2 Å². The van der Waals surface area contributed by atoms with Crippen molar-refractivity contribution in [2.45, 2.75) is 26.7 Å². The van der Waals surface area contributed by atoms with Gasteiger partial charge in [0.1, 0.15) is 5.65 Å².